The van der Waals surface area contributed by atoms with Gasteiger partial charge in [-0.2, -0.15) is 0 Å². The first kappa shape index (κ1) is 15.1. The Labute approximate surface area is 99.5 Å². The van der Waals surface area contributed by atoms with Gasteiger partial charge in [-0.25, -0.2) is 8.57 Å². The third-order valence-electron chi connectivity index (χ3n) is 1.98. The second-order valence-corrected chi connectivity index (χ2v) is 5.60. The van der Waals surface area contributed by atoms with Gasteiger partial charge in [-0.3, -0.25) is 4.98 Å². The average molecular weight is 242 g/mol. The molecule has 0 N–H and O–H groups in total. The Morgan fingerprint density at radius 1 is 1.31 bits per heavy atom. The molecule has 0 aromatic carbocycles. The lowest BCUT2D eigenvalue weighted by atomic mass is 10.4. The average Bonchev–Trinajstić information content (AvgIpc) is 2.32. The van der Waals surface area contributed by atoms with Crippen molar-refractivity contribution in [1.82, 2.24) is 4.98 Å². The van der Waals surface area contributed by atoms with Crippen LogP contribution in [-0.4, -0.2) is 21.5 Å². The summed E-state index contributed by atoms with van der Waals surface area (Å²) >= 11 is 0. The lowest BCUT2D eigenvalue weighted by Gasteiger charge is -2.06. The summed E-state index contributed by atoms with van der Waals surface area (Å²) in [5.74, 6) is 0.547. The number of nitrogens with zero attached hydrogens (tertiary/aromatic N) is 2. The first-order chi connectivity index (χ1) is 7.62. The number of pyridine rings is 1. The highest BCUT2D eigenvalue weighted by atomic mass is 32.2. The number of hydrogen-bond donors (Lipinski definition) is 0. The smallest absolute Gasteiger partial charge is 0.0764 e. The van der Waals surface area contributed by atoms with Gasteiger partial charge in [-0.05, 0) is 26.0 Å². The first-order valence-electron chi connectivity index (χ1n) is 5.75. The number of aromatic nitrogens is 1. The minimum absolute atomic E-state index is 0.547. The highest BCUT2D eigenvalue weighted by molar-refractivity contribution is 7.93. The van der Waals surface area contributed by atoms with Crippen molar-refractivity contribution < 1.29 is 4.21 Å². The molecule has 16 heavy (non-hydrogen) atoms. The van der Waals surface area contributed by atoms with Crippen LogP contribution in [-0.2, 0) is 9.73 Å². The molecule has 0 fully saturated rings. The molecule has 3 nitrogen and oxygen atoms in total. The van der Waals surface area contributed by atoms with E-state index in [1.54, 1.807) is 6.20 Å². The predicted octanol–water partition coefficient (Wildman–Crippen LogP) is 3.28. The van der Waals surface area contributed by atoms with E-state index >= 15 is 0 Å². The molecule has 0 aliphatic carbocycles. The van der Waals surface area contributed by atoms with E-state index in [1.807, 2.05) is 46.8 Å². The van der Waals surface area contributed by atoms with Crippen LogP contribution in [0.2, 0.25) is 0 Å². The second kappa shape index (κ2) is 7.39. The topological polar surface area (TPSA) is 42.3 Å². The summed E-state index contributed by atoms with van der Waals surface area (Å²) in [4.78, 5) is 4.88. The van der Waals surface area contributed by atoms with E-state index in [1.165, 1.54) is 0 Å². The van der Waals surface area contributed by atoms with E-state index in [4.69, 9.17) is 0 Å². The van der Waals surface area contributed by atoms with Crippen molar-refractivity contribution in [2.24, 2.45) is 4.36 Å². The molecule has 1 atom stereocenters. The Kier molecular flexibility index (Phi) is 6.97. The van der Waals surface area contributed by atoms with Gasteiger partial charge in [-0.1, -0.05) is 20.8 Å². The van der Waals surface area contributed by atoms with Crippen molar-refractivity contribution in [2.75, 3.05) is 12.3 Å². The van der Waals surface area contributed by atoms with Gasteiger partial charge in [0.25, 0.3) is 0 Å². The van der Waals surface area contributed by atoms with Gasteiger partial charge in [0.2, 0.25) is 0 Å². The van der Waals surface area contributed by atoms with Gasteiger partial charge in [0.1, 0.15) is 0 Å². The standard InChI is InChI=1S/C10H16N2OS.C2H6/c1-4-12-14(13,5-2)10-7-6-9(3)11-8-10;1-2/h6-8H,4-5H2,1-3H3;1-2H3. The summed E-state index contributed by atoms with van der Waals surface area (Å²) in [7, 11) is -2.21. The molecule has 1 aromatic heterocycles. The quantitative estimate of drug-likeness (QED) is 0.816. The molecular weight excluding hydrogens is 220 g/mol. The largest absolute Gasteiger partial charge is 0.260 e. The number of hydrogen-bond acceptors (Lipinski definition) is 3. The SMILES string of the molecule is CC.CCN=S(=O)(CC)c1ccc(C)nc1. The summed E-state index contributed by atoms with van der Waals surface area (Å²) in [6.45, 7) is 10.3. The summed E-state index contributed by atoms with van der Waals surface area (Å²) in [5, 5.41) is 0. The number of rotatable bonds is 3. The molecule has 0 bridgehead atoms. The number of aryl methyl sites for hydroxylation is 1. The van der Waals surface area contributed by atoms with Crippen molar-refractivity contribution in [1.29, 1.82) is 0 Å². The lowest BCUT2D eigenvalue weighted by Crippen LogP contribution is -2.05. The fraction of sp³-hybridized carbons (Fsp3) is 0.583. The van der Waals surface area contributed by atoms with Gasteiger partial charge in [0, 0.05) is 24.2 Å². The second-order valence-electron chi connectivity index (χ2n) is 3.01. The molecule has 0 aliphatic heterocycles. The molecule has 0 amide bonds. The van der Waals surface area contributed by atoms with E-state index in [-0.39, 0.29) is 0 Å². The summed E-state index contributed by atoms with van der Waals surface area (Å²) in [5.41, 5.74) is 0.933. The van der Waals surface area contributed by atoms with E-state index in [2.05, 4.69) is 9.35 Å². The molecule has 1 heterocycles. The van der Waals surface area contributed by atoms with Crippen LogP contribution in [0.3, 0.4) is 0 Å². The van der Waals surface area contributed by atoms with Crippen molar-refractivity contribution in [3.63, 3.8) is 0 Å². The molecule has 1 unspecified atom stereocenters. The minimum Gasteiger partial charge on any atom is -0.260 e. The van der Waals surface area contributed by atoms with Crippen LogP contribution >= 0.6 is 0 Å². The van der Waals surface area contributed by atoms with Crippen LogP contribution < -0.4 is 0 Å². The van der Waals surface area contributed by atoms with Crippen molar-refractivity contribution in [3.8, 4) is 0 Å². The van der Waals surface area contributed by atoms with Gasteiger partial charge in [-0.15, -0.1) is 0 Å². The van der Waals surface area contributed by atoms with E-state index < -0.39 is 9.73 Å². The zero-order valence-electron chi connectivity index (χ0n) is 10.9. The van der Waals surface area contributed by atoms with Gasteiger partial charge >= 0.3 is 0 Å². The Balaban J connectivity index is 0.00000106. The molecular formula is C12H22N2OS. The summed E-state index contributed by atoms with van der Waals surface area (Å²) in [6.07, 6.45) is 1.67. The van der Waals surface area contributed by atoms with E-state index in [9.17, 15) is 4.21 Å². The van der Waals surface area contributed by atoms with E-state index in [0.29, 0.717) is 12.3 Å². The molecule has 0 spiro atoms. The Bertz CT molecular complexity index is 404. The fourth-order valence-electron chi connectivity index (χ4n) is 1.18. The third-order valence-corrected chi connectivity index (χ3v) is 4.42. The maximum absolute atomic E-state index is 12.3. The molecule has 1 aromatic rings. The van der Waals surface area contributed by atoms with Crippen LogP contribution in [0.15, 0.2) is 27.6 Å². The molecule has 0 radical (unpaired) electrons. The summed E-state index contributed by atoms with van der Waals surface area (Å²) in [6, 6.07) is 3.73. The predicted molar refractivity (Wildman–Crippen MR) is 70.2 cm³/mol. The molecule has 0 saturated heterocycles. The molecule has 1 rings (SSSR count). The maximum Gasteiger partial charge on any atom is 0.0764 e. The molecule has 92 valence electrons. The van der Waals surface area contributed by atoms with Crippen LogP contribution in [0, 0.1) is 6.92 Å². The van der Waals surface area contributed by atoms with Gasteiger partial charge in [0.15, 0.2) is 0 Å². The Morgan fingerprint density at radius 2 is 1.94 bits per heavy atom. The van der Waals surface area contributed by atoms with Crippen LogP contribution in [0.25, 0.3) is 0 Å². The maximum atomic E-state index is 12.3. The monoisotopic (exact) mass is 242 g/mol. The normalized spacial score (nSPS) is 13.3. The zero-order chi connectivity index (χ0) is 12.6. The van der Waals surface area contributed by atoms with Crippen LogP contribution in [0.5, 0.6) is 0 Å². The van der Waals surface area contributed by atoms with Crippen molar-refractivity contribution >= 4 is 9.73 Å². The van der Waals surface area contributed by atoms with Crippen molar-refractivity contribution in [2.45, 2.75) is 39.5 Å². The molecule has 4 heteroatoms. The highest BCUT2D eigenvalue weighted by Crippen LogP contribution is 2.12. The lowest BCUT2D eigenvalue weighted by molar-refractivity contribution is 0.675. The van der Waals surface area contributed by atoms with Crippen LogP contribution in [0.1, 0.15) is 33.4 Å². The van der Waals surface area contributed by atoms with E-state index in [0.717, 1.165) is 10.6 Å². The minimum atomic E-state index is -2.21. The highest BCUT2D eigenvalue weighted by Gasteiger charge is 2.08. The van der Waals surface area contributed by atoms with Gasteiger partial charge < -0.3 is 0 Å². The Hall–Kier alpha value is -0.900. The van der Waals surface area contributed by atoms with Crippen molar-refractivity contribution in [3.05, 3.63) is 24.0 Å². The molecule has 0 aliphatic rings. The third kappa shape index (κ3) is 3.93. The van der Waals surface area contributed by atoms with Gasteiger partial charge in [0.05, 0.1) is 14.6 Å². The first-order valence-corrected chi connectivity index (χ1v) is 7.44. The van der Waals surface area contributed by atoms with Crippen LogP contribution in [0.4, 0.5) is 0 Å². The summed E-state index contributed by atoms with van der Waals surface area (Å²) < 4.78 is 16.4. The molecule has 0 saturated carbocycles. The zero-order valence-corrected chi connectivity index (χ0v) is 11.7. The fourth-order valence-corrected chi connectivity index (χ4v) is 2.76. The Morgan fingerprint density at radius 3 is 2.31 bits per heavy atom.